The van der Waals surface area contributed by atoms with Crippen LogP contribution in [0.1, 0.15) is 16.9 Å². The van der Waals surface area contributed by atoms with Gasteiger partial charge in [-0.15, -0.1) is 0 Å². The van der Waals surface area contributed by atoms with Crippen LogP contribution in [0.2, 0.25) is 5.02 Å². The van der Waals surface area contributed by atoms with E-state index >= 15 is 0 Å². The second-order valence-corrected chi connectivity index (χ2v) is 12.8. The Labute approximate surface area is 225 Å². The molecule has 0 N–H and O–H groups in total. The molecule has 5 rings (SSSR count). The molecular formula is C27H26ClN3O4S2. The average Bonchev–Trinajstić information content (AvgIpc) is 3.55. The molecule has 1 saturated heterocycles. The summed E-state index contributed by atoms with van der Waals surface area (Å²) >= 11 is 7.23. The summed E-state index contributed by atoms with van der Waals surface area (Å²) in [5, 5.41) is 13.6. The maximum Gasteiger partial charge on any atom is 0.324 e. The Bertz CT molecular complexity index is 1520. The lowest BCUT2D eigenvalue weighted by Gasteiger charge is -2.25. The smallest absolute Gasteiger partial charge is 0.294 e. The van der Waals surface area contributed by atoms with Crippen molar-refractivity contribution in [2.75, 3.05) is 19.6 Å². The van der Waals surface area contributed by atoms with Crippen LogP contribution in [-0.4, -0.2) is 42.2 Å². The van der Waals surface area contributed by atoms with Gasteiger partial charge in [0.05, 0.1) is 9.82 Å². The monoisotopic (exact) mass is 555 g/mol. The number of hydrogen-bond acceptors (Lipinski definition) is 6. The maximum atomic E-state index is 13.6. The number of hydrogen-bond donors (Lipinski definition) is 0. The molecule has 0 aliphatic carbocycles. The van der Waals surface area contributed by atoms with Crippen molar-refractivity contribution in [1.29, 1.82) is 0 Å². The summed E-state index contributed by atoms with van der Waals surface area (Å²) in [6, 6.07) is 23.9. The highest BCUT2D eigenvalue weighted by atomic mass is 35.5. The third-order valence-corrected chi connectivity index (χ3v) is 9.86. The minimum atomic E-state index is -3.64. The van der Waals surface area contributed by atoms with Crippen molar-refractivity contribution in [2.24, 2.45) is 5.92 Å². The van der Waals surface area contributed by atoms with Crippen LogP contribution >= 0.6 is 22.9 Å². The highest BCUT2D eigenvalue weighted by Gasteiger charge is 2.34. The topological polar surface area (TPSA) is 83.8 Å². The predicted octanol–water partition coefficient (Wildman–Crippen LogP) is 6.18. The quantitative estimate of drug-likeness (QED) is 0.182. The van der Waals surface area contributed by atoms with E-state index in [-0.39, 0.29) is 15.8 Å². The number of fused-ring (bicyclic) bond motifs is 1. The number of benzene rings is 3. The van der Waals surface area contributed by atoms with E-state index in [0.29, 0.717) is 42.6 Å². The van der Waals surface area contributed by atoms with Gasteiger partial charge >= 0.3 is 5.00 Å². The van der Waals surface area contributed by atoms with E-state index in [0.717, 1.165) is 27.6 Å². The van der Waals surface area contributed by atoms with E-state index < -0.39 is 10.0 Å². The van der Waals surface area contributed by atoms with Gasteiger partial charge in [-0.3, -0.25) is 15.0 Å². The molecule has 37 heavy (non-hydrogen) atoms. The minimum Gasteiger partial charge on any atom is -0.294 e. The number of sulfonamides is 1. The third-order valence-electron chi connectivity index (χ3n) is 6.66. The number of halogens is 1. The third kappa shape index (κ3) is 5.86. The summed E-state index contributed by atoms with van der Waals surface area (Å²) in [4.78, 5) is 14.3. The van der Waals surface area contributed by atoms with Crippen molar-refractivity contribution >= 4 is 48.7 Å². The molecule has 0 radical (unpaired) electrons. The van der Waals surface area contributed by atoms with E-state index in [1.54, 1.807) is 22.5 Å². The van der Waals surface area contributed by atoms with Gasteiger partial charge in [-0.2, -0.15) is 4.31 Å². The van der Waals surface area contributed by atoms with Gasteiger partial charge in [-0.25, -0.2) is 8.42 Å². The van der Waals surface area contributed by atoms with Crippen LogP contribution in [-0.2, 0) is 23.1 Å². The van der Waals surface area contributed by atoms with Crippen molar-refractivity contribution < 1.29 is 13.3 Å². The van der Waals surface area contributed by atoms with Gasteiger partial charge in [-0.05, 0) is 47.6 Å². The largest absolute Gasteiger partial charge is 0.324 e. The lowest BCUT2D eigenvalue weighted by atomic mass is 10.1. The molecule has 7 nitrogen and oxygen atoms in total. The molecule has 1 aliphatic rings. The molecule has 1 aliphatic heterocycles. The fraction of sp³-hybridized carbons (Fsp3) is 0.259. The Kier molecular flexibility index (Phi) is 7.60. The van der Waals surface area contributed by atoms with E-state index in [4.69, 9.17) is 11.6 Å². The molecule has 4 aromatic rings. The van der Waals surface area contributed by atoms with Crippen LogP contribution in [0, 0.1) is 16.0 Å². The predicted molar refractivity (Wildman–Crippen MR) is 147 cm³/mol. The van der Waals surface area contributed by atoms with Gasteiger partial charge < -0.3 is 0 Å². The van der Waals surface area contributed by atoms with Crippen LogP contribution in [0.4, 0.5) is 5.00 Å². The molecule has 0 spiro atoms. The zero-order chi connectivity index (χ0) is 26.0. The second-order valence-electron chi connectivity index (χ2n) is 9.29. The molecule has 1 atom stereocenters. The molecule has 1 fully saturated rings. The minimum absolute atomic E-state index is 0.120. The molecule has 1 unspecified atom stereocenters. The Morgan fingerprint density at radius 2 is 1.76 bits per heavy atom. The van der Waals surface area contributed by atoms with Crippen molar-refractivity contribution in [2.45, 2.75) is 24.4 Å². The first-order valence-electron chi connectivity index (χ1n) is 12.0. The van der Waals surface area contributed by atoms with Crippen molar-refractivity contribution in [1.82, 2.24) is 9.21 Å². The first kappa shape index (κ1) is 25.8. The summed E-state index contributed by atoms with van der Waals surface area (Å²) in [7, 11) is -3.64. The highest BCUT2D eigenvalue weighted by molar-refractivity contribution is 7.89. The van der Waals surface area contributed by atoms with Crippen LogP contribution in [0.25, 0.3) is 10.8 Å². The molecular weight excluding hydrogens is 530 g/mol. The standard InChI is InChI=1S/C27H26ClN3O4S2/c28-23-10-8-20(9-11-23)16-29(19-24-12-13-27(36-24)31(32)33)17-21-14-15-30(18-21)37(34,35)26-7-3-5-22-4-1-2-6-25(22)26/h1-13,21H,14-19H2. The lowest BCUT2D eigenvalue weighted by Crippen LogP contribution is -2.33. The molecule has 0 amide bonds. The fourth-order valence-corrected chi connectivity index (χ4v) is 7.63. The molecule has 10 heteroatoms. The first-order chi connectivity index (χ1) is 17.8. The van der Waals surface area contributed by atoms with Gasteiger partial charge in [0, 0.05) is 54.1 Å². The molecule has 3 aromatic carbocycles. The van der Waals surface area contributed by atoms with Crippen LogP contribution in [0.15, 0.2) is 83.8 Å². The molecule has 2 heterocycles. The summed E-state index contributed by atoms with van der Waals surface area (Å²) in [6.07, 6.45) is 0.756. The highest BCUT2D eigenvalue weighted by Crippen LogP contribution is 2.31. The van der Waals surface area contributed by atoms with Gasteiger partial charge in [-0.1, -0.05) is 71.5 Å². The fourth-order valence-electron chi connectivity index (χ4n) is 4.89. The van der Waals surface area contributed by atoms with Gasteiger partial charge in [0.15, 0.2) is 0 Å². The average molecular weight is 556 g/mol. The SMILES string of the molecule is O=[N+]([O-])c1ccc(CN(Cc2ccc(Cl)cc2)CC2CCN(S(=O)(=O)c3cccc4ccccc34)C2)s1. The number of nitro groups is 1. The summed E-state index contributed by atoms with van der Waals surface area (Å²) in [5.41, 5.74) is 1.08. The molecule has 1 aromatic heterocycles. The second kappa shape index (κ2) is 10.9. The Morgan fingerprint density at radius 1 is 1.00 bits per heavy atom. The van der Waals surface area contributed by atoms with Crippen LogP contribution in [0.5, 0.6) is 0 Å². The summed E-state index contributed by atoms with van der Waals surface area (Å²) in [5.74, 6) is 0.145. The lowest BCUT2D eigenvalue weighted by molar-refractivity contribution is -0.380. The Morgan fingerprint density at radius 3 is 2.51 bits per heavy atom. The first-order valence-corrected chi connectivity index (χ1v) is 14.6. The van der Waals surface area contributed by atoms with Crippen LogP contribution in [0.3, 0.4) is 0 Å². The summed E-state index contributed by atoms with van der Waals surface area (Å²) < 4.78 is 28.8. The Hall–Kier alpha value is -2.82. The molecule has 0 saturated carbocycles. The number of thiophene rings is 1. The summed E-state index contributed by atoms with van der Waals surface area (Å²) in [6.45, 7) is 2.77. The Balaban J connectivity index is 1.33. The molecule has 192 valence electrons. The van der Waals surface area contributed by atoms with Gasteiger partial charge in [0.2, 0.25) is 10.0 Å². The number of nitrogens with zero attached hydrogens (tertiary/aromatic N) is 3. The van der Waals surface area contributed by atoms with E-state index in [9.17, 15) is 18.5 Å². The van der Waals surface area contributed by atoms with Gasteiger partial charge in [0.25, 0.3) is 0 Å². The van der Waals surface area contributed by atoms with E-state index in [2.05, 4.69) is 4.90 Å². The zero-order valence-corrected chi connectivity index (χ0v) is 22.4. The van der Waals surface area contributed by atoms with Crippen LogP contribution < -0.4 is 0 Å². The van der Waals surface area contributed by atoms with E-state index in [1.165, 1.54) is 17.4 Å². The van der Waals surface area contributed by atoms with Crippen molar-refractivity contribution in [3.63, 3.8) is 0 Å². The maximum absolute atomic E-state index is 13.6. The molecule has 0 bridgehead atoms. The number of rotatable bonds is 9. The van der Waals surface area contributed by atoms with Gasteiger partial charge in [0.1, 0.15) is 0 Å². The zero-order valence-electron chi connectivity index (χ0n) is 20.0. The normalized spacial score (nSPS) is 16.5. The van der Waals surface area contributed by atoms with E-state index in [1.807, 2.05) is 54.6 Å². The van der Waals surface area contributed by atoms with Crippen molar-refractivity contribution in [3.05, 3.63) is 104 Å². The van der Waals surface area contributed by atoms with Crippen molar-refractivity contribution in [3.8, 4) is 0 Å².